The van der Waals surface area contributed by atoms with Gasteiger partial charge in [-0.15, -0.1) is 0 Å². The molecule has 2 heteroatoms. The van der Waals surface area contributed by atoms with E-state index in [1.54, 1.807) is 0 Å². The average Bonchev–Trinajstić information content (AvgIpc) is 1.97. The molecule has 1 unspecified atom stereocenters. The Kier molecular flexibility index (Phi) is 6.24. The van der Waals surface area contributed by atoms with Gasteiger partial charge in [0.2, 0.25) is 5.24 Å². The van der Waals surface area contributed by atoms with E-state index in [-0.39, 0.29) is 5.24 Å². The first-order valence-corrected chi connectivity index (χ1v) is 4.43. The standard InChI is InChI=1S/C9H15ClO/c1-3-5-6-8(4-2)7-9(10)11/h5-6,8H,3-4,7H2,1-2H3. The lowest BCUT2D eigenvalue weighted by Crippen LogP contribution is -1.99. The van der Waals surface area contributed by atoms with Gasteiger partial charge >= 0.3 is 0 Å². The molecular formula is C9H15ClO. The normalized spacial score (nSPS) is 13.7. The molecule has 11 heavy (non-hydrogen) atoms. The molecular weight excluding hydrogens is 160 g/mol. The van der Waals surface area contributed by atoms with Gasteiger partial charge in [0.25, 0.3) is 0 Å². The Hall–Kier alpha value is -0.300. The van der Waals surface area contributed by atoms with Gasteiger partial charge in [-0.3, -0.25) is 4.79 Å². The topological polar surface area (TPSA) is 17.1 Å². The van der Waals surface area contributed by atoms with Gasteiger partial charge < -0.3 is 0 Å². The minimum Gasteiger partial charge on any atom is -0.281 e. The van der Waals surface area contributed by atoms with E-state index in [0.717, 1.165) is 12.8 Å². The van der Waals surface area contributed by atoms with E-state index < -0.39 is 0 Å². The highest BCUT2D eigenvalue weighted by Gasteiger charge is 2.05. The molecule has 0 aliphatic rings. The number of carbonyl (C=O) groups is 1. The van der Waals surface area contributed by atoms with Gasteiger partial charge in [-0.25, -0.2) is 0 Å². The van der Waals surface area contributed by atoms with Crippen LogP contribution in [0, 0.1) is 5.92 Å². The van der Waals surface area contributed by atoms with Crippen molar-refractivity contribution in [3.05, 3.63) is 12.2 Å². The third kappa shape index (κ3) is 6.11. The maximum Gasteiger partial charge on any atom is 0.222 e. The minimum atomic E-state index is -0.238. The highest BCUT2D eigenvalue weighted by molar-refractivity contribution is 6.63. The Morgan fingerprint density at radius 3 is 2.55 bits per heavy atom. The molecule has 1 atom stereocenters. The monoisotopic (exact) mass is 174 g/mol. The summed E-state index contributed by atoms with van der Waals surface area (Å²) in [6.45, 7) is 4.14. The molecule has 0 heterocycles. The van der Waals surface area contributed by atoms with Crippen LogP contribution in [0.3, 0.4) is 0 Å². The summed E-state index contributed by atoms with van der Waals surface area (Å²) >= 11 is 5.26. The molecule has 0 aliphatic heterocycles. The number of hydrogen-bond donors (Lipinski definition) is 0. The molecule has 0 saturated carbocycles. The number of allylic oxidation sites excluding steroid dienone is 2. The van der Waals surface area contributed by atoms with Crippen molar-refractivity contribution >= 4 is 16.8 Å². The summed E-state index contributed by atoms with van der Waals surface area (Å²) in [6, 6.07) is 0. The van der Waals surface area contributed by atoms with Crippen LogP contribution in [0.5, 0.6) is 0 Å². The van der Waals surface area contributed by atoms with Crippen molar-refractivity contribution in [2.75, 3.05) is 0 Å². The van der Waals surface area contributed by atoms with E-state index in [1.165, 1.54) is 0 Å². The van der Waals surface area contributed by atoms with Crippen LogP contribution in [0.4, 0.5) is 0 Å². The van der Waals surface area contributed by atoms with Crippen molar-refractivity contribution in [1.82, 2.24) is 0 Å². The van der Waals surface area contributed by atoms with Gasteiger partial charge in [-0.05, 0) is 30.4 Å². The lowest BCUT2D eigenvalue weighted by molar-refractivity contribution is -0.112. The fraction of sp³-hybridized carbons (Fsp3) is 0.667. The molecule has 0 N–H and O–H groups in total. The fourth-order valence-corrected chi connectivity index (χ4v) is 1.08. The van der Waals surface area contributed by atoms with Crippen LogP contribution >= 0.6 is 11.6 Å². The number of halogens is 1. The van der Waals surface area contributed by atoms with Gasteiger partial charge in [0, 0.05) is 6.42 Å². The predicted octanol–water partition coefficient (Wildman–Crippen LogP) is 3.13. The maximum atomic E-state index is 10.5. The summed E-state index contributed by atoms with van der Waals surface area (Å²) in [5, 5.41) is -0.238. The smallest absolute Gasteiger partial charge is 0.222 e. The summed E-state index contributed by atoms with van der Waals surface area (Å²) < 4.78 is 0. The van der Waals surface area contributed by atoms with E-state index in [9.17, 15) is 4.79 Å². The van der Waals surface area contributed by atoms with E-state index in [4.69, 9.17) is 11.6 Å². The Morgan fingerprint density at radius 1 is 1.55 bits per heavy atom. The molecule has 0 rings (SSSR count). The van der Waals surface area contributed by atoms with Crippen LogP contribution in [0.1, 0.15) is 33.1 Å². The average molecular weight is 175 g/mol. The van der Waals surface area contributed by atoms with E-state index in [2.05, 4.69) is 26.0 Å². The second-order valence-electron chi connectivity index (χ2n) is 2.56. The molecule has 0 aromatic rings. The summed E-state index contributed by atoms with van der Waals surface area (Å²) in [6.07, 6.45) is 6.62. The van der Waals surface area contributed by atoms with Crippen molar-refractivity contribution in [1.29, 1.82) is 0 Å². The van der Waals surface area contributed by atoms with E-state index >= 15 is 0 Å². The van der Waals surface area contributed by atoms with Crippen LogP contribution in [0.15, 0.2) is 12.2 Å². The summed E-state index contributed by atoms with van der Waals surface area (Å²) in [5.41, 5.74) is 0. The van der Waals surface area contributed by atoms with Crippen molar-refractivity contribution in [3.8, 4) is 0 Å². The molecule has 0 bridgehead atoms. The van der Waals surface area contributed by atoms with Gasteiger partial charge in [-0.2, -0.15) is 0 Å². The Bertz CT molecular complexity index is 140. The first-order chi connectivity index (χ1) is 5.20. The minimum absolute atomic E-state index is 0.238. The summed E-state index contributed by atoms with van der Waals surface area (Å²) in [5.74, 6) is 0.333. The van der Waals surface area contributed by atoms with Crippen LogP contribution < -0.4 is 0 Å². The van der Waals surface area contributed by atoms with Gasteiger partial charge in [0.15, 0.2) is 0 Å². The molecule has 64 valence electrons. The molecule has 0 aromatic heterocycles. The second-order valence-corrected chi connectivity index (χ2v) is 2.99. The molecule has 0 aromatic carbocycles. The van der Waals surface area contributed by atoms with Crippen LogP contribution in [0.2, 0.25) is 0 Å². The highest BCUT2D eigenvalue weighted by Crippen LogP contribution is 2.11. The molecule has 0 amide bonds. The zero-order chi connectivity index (χ0) is 8.69. The third-order valence-corrected chi connectivity index (χ3v) is 1.75. The first kappa shape index (κ1) is 10.7. The molecule has 0 saturated heterocycles. The second kappa shape index (κ2) is 6.41. The fourth-order valence-electron chi connectivity index (χ4n) is 0.883. The molecule has 0 aliphatic carbocycles. The Labute approximate surface area is 73.4 Å². The van der Waals surface area contributed by atoms with E-state index in [1.807, 2.05) is 0 Å². The van der Waals surface area contributed by atoms with Gasteiger partial charge in [0.1, 0.15) is 0 Å². The zero-order valence-corrected chi connectivity index (χ0v) is 7.90. The Morgan fingerprint density at radius 2 is 2.18 bits per heavy atom. The highest BCUT2D eigenvalue weighted by atomic mass is 35.5. The van der Waals surface area contributed by atoms with Crippen LogP contribution in [0.25, 0.3) is 0 Å². The van der Waals surface area contributed by atoms with Gasteiger partial charge in [0.05, 0.1) is 0 Å². The third-order valence-electron chi connectivity index (χ3n) is 1.59. The van der Waals surface area contributed by atoms with Crippen molar-refractivity contribution in [3.63, 3.8) is 0 Å². The maximum absolute atomic E-state index is 10.5. The van der Waals surface area contributed by atoms with Crippen molar-refractivity contribution < 1.29 is 4.79 Å². The van der Waals surface area contributed by atoms with E-state index in [0.29, 0.717) is 12.3 Å². The van der Waals surface area contributed by atoms with Gasteiger partial charge in [-0.1, -0.05) is 26.0 Å². The number of carbonyl (C=O) groups excluding carboxylic acids is 1. The first-order valence-electron chi connectivity index (χ1n) is 4.05. The quantitative estimate of drug-likeness (QED) is 0.462. The lowest BCUT2D eigenvalue weighted by Gasteiger charge is -2.04. The Balaban J connectivity index is 3.75. The van der Waals surface area contributed by atoms with Crippen molar-refractivity contribution in [2.45, 2.75) is 33.1 Å². The SMILES string of the molecule is CCC=CC(CC)CC(=O)Cl. The van der Waals surface area contributed by atoms with Crippen LogP contribution in [-0.4, -0.2) is 5.24 Å². The zero-order valence-electron chi connectivity index (χ0n) is 7.14. The number of hydrogen-bond acceptors (Lipinski definition) is 1. The summed E-state index contributed by atoms with van der Waals surface area (Å²) in [7, 11) is 0. The molecule has 0 spiro atoms. The molecule has 0 radical (unpaired) electrons. The largest absolute Gasteiger partial charge is 0.281 e. The predicted molar refractivity (Wildman–Crippen MR) is 48.7 cm³/mol. The molecule has 0 fully saturated rings. The summed E-state index contributed by atoms with van der Waals surface area (Å²) in [4.78, 5) is 10.5. The number of rotatable bonds is 5. The molecule has 1 nitrogen and oxygen atoms in total. The van der Waals surface area contributed by atoms with Crippen LogP contribution in [-0.2, 0) is 4.79 Å². The van der Waals surface area contributed by atoms with Crippen molar-refractivity contribution in [2.24, 2.45) is 5.92 Å². The lowest BCUT2D eigenvalue weighted by atomic mass is 10.0.